The van der Waals surface area contributed by atoms with Crippen LogP contribution in [0.1, 0.15) is 34.1 Å². The van der Waals surface area contributed by atoms with Gasteiger partial charge in [-0.25, -0.2) is 4.98 Å². The highest BCUT2D eigenvalue weighted by molar-refractivity contribution is 6.31. The third-order valence-electron chi connectivity index (χ3n) is 5.70. The number of aryl methyl sites for hydroxylation is 1. The first kappa shape index (κ1) is 20.9. The molecule has 1 atom stereocenters. The summed E-state index contributed by atoms with van der Waals surface area (Å²) in [6.07, 6.45) is 5.75. The van der Waals surface area contributed by atoms with Crippen molar-refractivity contribution < 1.29 is 14.1 Å². The molecule has 9 nitrogen and oxygen atoms in total. The molecule has 0 fully saturated rings. The minimum Gasteiger partial charge on any atom is -0.450 e. The number of hydrogen-bond donors (Lipinski definition) is 0. The first-order chi connectivity index (χ1) is 15.9. The first-order valence-corrected chi connectivity index (χ1v) is 10.6. The molecule has 0 aliphatic carbocycles. The second-order valence-corrected chi connectivity index (χ2v) is 8.16. The van der Waals surface area contributed by atoms with Crippen LogP contribution in [-0.2, 0) is 6.54 Å². The molecule has 0 saturated heterocycles. The van der Waals surface area contributed by atoms with Gasteiger partial charge in [0.25, 0.3) is 11.6 Å². The van der Waals surface area contributed by atoms with Crippen LogP contribution >= 0.6 is 11.6 Å². The standard InChI is InChI=1S/C23H17ClN4O5/c24-15-5-6-18-17(12-15)21(29)19-20(14-3-1-4-16(11-14)28(31)32)27(23(30)22(19)33-18)9-2-8-26-10-7-25-13-26/h1,3-7,10-13,20H,2,8-9H2/t20-/m1/s1. The van der Waals surface area contributed by atoms with Crippen molar-refractivity contribution in [1.82, 2.24) is 14.5 Å². The number of halogens is 1. The summed E-state index contributed by atoms with van der Waals surface area (Å²) in [5, 5.41) is 12.0. The monoisotopic (exact) mass is 464 g/mol. The third kappa shape index (κ3) is 3.66. The van der Waals surface area contributed by atoms with Gasteiger partial charge in [0.15, 0.2) is 5.43 Å². The molecule has 1 aliphatic rings. The van der Waals surface area contributed by atoms with Crippen LogP contribution in [0.3, 0.4) is 0 Å². The molecule has 1 amide bonds. The van der Waals surface area contributed by atoms with Gasteiger partial charge in [-0.05, 0) is 30.2 Å². The van der Waals surface area contributed by atoms with E-state index in [1.807, 2.05) is 10.8 Å². The van der Waals surface area contributed by atoms with E-state index in [-0.39, 0.29) is 33.4 Å². The van der Waals surface area contributed by atoms with Crippen LogP contribution in [0.25, 0.3) is 11.0 Å². The lowest BCUT2D eigenvalue weighted by molar-refractivity contribution is -0.384. The molecule has 5 rings (SSSR count). The van der Waals surface area contributed by atoms with E-state index in [4.69, 9.17) is 16.0 Å². The fourth-order valence-electron chi connectivity index (χ4n) is 4.22. The summed E-state index contributed by atoms with van der Waals surface area (Å²) < 4.78 is 7.75. The lowest BCUT2D eigenvalue weighted by atomic mass is 9.98. The van der Waals surface area contributed by atoms with E-state index in [0.29, 0.717) is 30.1 Å². The Hall–Kier alpha value is -3.98. The average molecular weight is 465 g/mol. The van der Waals surface area contributed by atoms with Gasteiger partial charge < -0.3 is 13.9 Å². The summed E-state index contributed by atoms with van der Waals surface area (Å²) >= 11 is 6.09. The number of amides is 1. The molecule has 2 aromatic carbocycles. The predicted octanol–water partition coefficient (Wildman–Crippen LogP) is 4.19. The van der Waals surface area contributed by atoms with Crippen LogP contribution in [0.5, 0.6) is 0 Å². The van der Waals surface area contributed by atoms with Gasteiger partial charge in [0, 0.05) is 42.6 Å². The fraction of sp³-hybridized carbons (Fsp3) is 0.174. The Morgan fingerprint density at radius 1 is 1.15 bits per heavy atom. The molecule has 3 heterocycles. The smallest absolute Gasteiger partial charge is 0.290 e. The summed E-state index contributed by atoms with van der Waals surface area (Å²) in [7, 11) is 0. The topological polar surface area (TPSA) is 111 Å². The van der Waals surface area contributed by atoms with Crippen LogP contribution in [0, 0.1) is 10.1 Å². The number of nitro groups is 1. The zero-order valence-electron chi connectivity index (χ0n) is 17.2. The summed E-state index contributed by atoms with van der Waals surface area (Å²) in [6, 6.07) is 9.79. The Morgan fingerprint density at radius 3 is 2.76 bits per heavy atom. The van der Waals surface area contributed by atoms with Crippen molar-refractivity contribution in [2.45, 2.75) is 19.0 Å². The van der Waals surface area contributed by atoms with E-state index in [1.54, 1.807) is 36.8 Å². The number of nitrogens with zero attached hydrogens (tertiary/aromatic N) is 4. The fourth-order valence-corrected chi connectivity index (χ4v) is 4.39. The highest BCUT2D eigenvalue weighted by Crippen LogP contribution is 2.39. The van der Waals surface area contributed by atoms with Gasteiger partial charge in [-0.3, -0.25) is 19.7 Å². The molecule has 166 valence electrons. The predicted molar refractivity (Wildman–Crippen MR) is 120 cm³/mol. The second kappa shape index (κ2) is 8.18. The van der Waals surface area contributed by atoms with Gasteiger partial charge in [-0.1, -0.05) is 23.7 Å². The normalized spacial score (nSPS) is 15.2. The zero-order valence-corrected chi connectivity index (χ0v) is 17.9. The zero-order chi connectivity index (χ0) is 23.1. The second-order valence-electron chi connectivity index (χ2n) is 7.72. The Morgan fingerprint density at radius 2 is 2.00 bits per heavy atom. The number of carbonyl (C=O) groups excluding carboxylic acids is 1. The van der Waals surface area contributed by atoms with Crippen LogP contribution in [-0.4, -0.2) is 31.8 Å². The molecule has 33 heavy (non-hydrogen) atoms. The van der Waals surface area contributed by atoms with E-state index in [2.05, 4.69) is 4.98 Å². The third-order valence-corrected chi connectivity index (χ3v) is 5.93. The minimum atomic E-state index is -0.810. The van der Waals surface area contributed by atoms with E-state index in [0.717, 1.165) is 0 Å². The number of rotatable bonds is 6. The molecule has 0 bridgehead atoms. The average Bonchev–Trinajstić information content (AvgIpc) is 3.42. The molecule has 0 radical (unpaired) electrons. The Bertz CT molecular complexity index is 1450. The Kier molecular flexibility index (Phi) is 5.18. The maximum Gasteiger partial charge on any atom is 0.290 e. The van der Waals surface area contributed by atoms with Gasteiger partial charge in [-0.2, -0.15) is 0 Å². The van der Waals surface area contributed by atoms with E-state index in [1.165, 1.54) is 23.1 Å². The van der Waals surface area contributed by atoms with Crippen LogP contribution in [0.15, 0.2) is 70.4 Å². The highest BCUT2D eigenvalue weighted by Gasteiger charge is 2.42. The van der Waals surface area contributed by atoms with E-state index < -0.39 is 16.9 Å². The van der Waals surface area contributed by atoms with Gasteiger partial charge in [0.2, 0.25) is 5.76 Å². The molecule has 0 unspecified atom stereocenters. The van der Waals surface area contributed by atoms with Crippen molar-refractivity contribution in [3.8, 4) is 0 Å². The quantitative estimate of drug-likeness (QED) is 0.312. The van der Waals surface area contributed by atoms with Crippen molar-refractivity contribution in [2.75, 3.05) is 6.54 Å². The lowest BCUT2D eigenvalue weighted by Crippen LogP contribution is -2.31. The number of non-ortho nitro benzene ring substituents is 1. The number of benzene rings is 2. The molecule has 2 aromatic heterocycles. The maximum atomic E-state index is 13.5. The van der Waals surface area contributed by atoms with Crippen molar-refractivity contribution in [3.05, 3.63) is 103 Å². The van der Waals surface area contributed by atoms with Crippen molar-refractivity contribution in [2.24, 2.45) is 0 Å². The molecule has 0 saturated carbocycles. The lowest BCUT2D eigenvalue weighted by Gasteiger charge is -2.25. The number of carbonyl (C=O) groups is 1. The van der Waals surface area contributed by atoms with Gasteiger partial charge in [0.05, 0.1) is 28.2 Å². The maximum absolute atomic E-state index is 13.5. The number of aromatic nitrogens is 2. The van der Waals surface area contributed by atoms with Crippen LogP contribution < -0.4 is 5.43 Å². The number of nitro benzene ring substituents is 1. The van der Waals surface area contributed by atoms with Crippen molar-refractivity contribution >= 4 is 34.2 Å². The van der Waals surface area contributed by atoms with E-state index in [9.17, 15) is 19.7 Å². The van der Waals surface area contributed by atoms with Crippen LogP contribution in [0.4, 0.5) is 5.69 Å². The molecule has 0 N–H and O–H groups in total. The minimum absolute atomic E-state index is 0.0473. The van der Waals surface area contributed by atoms with Crippen molar-refractivity contribution in [3.63, 3.8) is 0 Å². The summed E-state index contributed by atoms with van der Waals surface area (Å²) in [5.41, 5.74) is 0.385. The number of fused-ring (bicyclic) bond motifs is 2. The molecule has 1 aliphatic heterocycles. The molecule has 4 aromatic rings. The summed E-state index contributed by atoms with van der Waals surface area (Å²) in [6.45, 7) is 0.922. The van der Waals surface area contributed by atoms with Crippen molar-refractivity contribution in [1.29, 1.82) is 0 Å². The molecular formula is C23H17ClN4O5. The van der Waals surface area contributed by atoms with Gasteiger partial charge in [0.1, 0.15) is 5.58 Å². The highest BCUT2D eigenvalue weighted by atomic mass is 35.5. The SMILES string of the molecule is O=C1c2oc3ccc(Cl)cc3c(=O)c2[C@@H](c2cccc([N+](=O)[O-])c2)N1CCCn1ccnc1. The summed E-state index contributed by atoms with van der Waals surface area (Å²) in [4.78, 5) is 43.3. The molecule has 10 heteroatoms. The largest absolute Gasteiger partial charge is 0.450 e. The van der Waals surface area contributed by atoms with E-state index >= 15 is 0 Å². The van der Waals surface area contributed by atoms with Gasteiger partial charge in [-0.15, -0.1) is 0 Å². The number of hydrogen-bond acceptors (Lipinski definition) is 6. The number of imidazole rings is 1. The first-order valence-electron chi connectivity index (χ1n) is 10.2. The molecule has 0 spiro atoms. The van der Waals surface area contributed by atoms with Crippen LogP contribution in [0.2, 0.25) is 5.02 Å². The van der Waals surface area contributed by atoms with Gasteiger partial charge >= 0.3 is 0 Å². The Labute approximate surface area is 192 Å². The Balaban J connectivity index is 1.63. The summed E-state index contributed by atoms with van der Waals surface area (Å²) in [5.74, 6) is -0.477. The molecular weight excluding hydrogens is 448 g/mol.